The maximum Gasteiger partial charge on any atom is 0.0412 e. The summed E-state index contributed by atoms with van der Waals surface area (Å²) >= 11 is 0. The molecule has 1 aromatic rings. The van der Waals surface area contributed by atoms with Gasteiger partial charge in [-0.15, -0.1) is 0 Å². The third-order valence-electron chi connectivity index (χ3n) is 4.42. The highest BCUT2D eigenvalue weighted by Crippen LogP contribution is 2.47. The lowest BCUT2D eigenvalue weighted by atomic mass is 9.78. The quantitative estimate of drug-likeness (QED) is 0.859. The highest BCUT2D eigenvalue weighted by atomic mass is 15.2. The largest absolute Gasteiger partial charge is 0.370 e. The van der Waals surface area contributed by atoms with Gasteiger partial charge in [-0.25, -0.2) is 0 Å². The SMILES string of the molecule is CNCc1ccccc1N1CC2(CCCC2)C1. The van der Waals surface area contributed by atoms with Gasteiger partial charge in [0, 0.05) is 30.7 Å². The van der Waals surface area contributed by atoms with E-state index in [2.05, 4.69) is 34.5 Å². The van der Waals surface area contributed by atoms with Gasteiger partial charge in [0.15, 0.2) is 0 Å². The predicted molar refractivity (Wildman–Crippen MR) is 72.3 cm³/mol. The first-order valence-corrected chi connectivity index (χ1v) is 6.80. The van der Waals surface area contributed by atoms with Crippen molar-refractivity contribution < 1.29 is 0 Å². The molecule has 0 aromatic heterocycles. The normalized spacial score (nSPS) is 21.8. The second-order valence-electron chi connectivity index (χ2n) is 5.72. The molecular weight excluding hydrogens is 208 g/mol. The van der Waals surface area contributed by atoms with Crippen LogP contribution >= 0.6 is 0 Å². The fraction of sp³-hybridized carbons (Fsp3) is 0.600. The van der Waals surface area contributed by atoms with Crippen LogP contribution in [0.2, 0.25) is 0 Å². The van der Waals surface area contributed by atoms with E-state index in [-0.39, 0.29) is 0 Å². The summed E-state index contributed by atoms with van der Waals surface area (Å²) < 4.78 is 0. The average Bonchev–Trinajstić information content (AvgIpc) is 2.78. The fourth-order valence-electron chi connectivity index (χ4n) is 3.53. The van der Waals surface area contributed by atoms with E-state index in [1.807, 2.05) is 7.05 Å². The summed E-state index contributed by atoms with van der Waals surface area (Å²) in [6.07, 6.45) is 5.81. The highest BCUT2D eigenvalue weighted by Gasteiger charge is 2.44. The number of nitrogens with one attached hydrogen (secondary N) is 1. The standard InChI is InChI=1S/C15H22N2/c1-16-10-13-6-2-3-7-14(13)17-11-15(12-17)8-4-5-9-15/h2-3,6-7,16H,4-5,8-12H2,1H3. The maximum atomic E-state index is 3.26. The molecule has 1 spiro atoms. The van der Waals surface area contributed by atoms with Gasteiger partial charge in [0.1, 0.15) is 0 Å². The van der Waals surface area contributed by atoms with Crippen LogP contribution in [0.5, 0.6) is 0 Å². The molecule has 1 aromatic carbocycles. The molecule has 0 unspecified atom stereocenters. The van der Waals surface area contributed by atoms with Gasteiger partial charge in [-0.1, -0.05) is 31.0 Å². The van der Waals surface area contributed by atoms with Crippen molar-refractivity contribution in [1.82, 2.24) is 5.32 Å². The second-order valence-corrected chi connectivity index (χ2v) is 5.72. The molecule has 1 N–H and O–H groups in total. The van der Waals surface area contributed by atoms with Crippen LogP contribution < -0.4 is 10.2 Å². The Morgan fingerprint density at radius 3 is 2.59 bits per heavy atom. The molecule has 0 atom stereocenters. The third kappa shape index (κ3) is 1.95. The smallest absolute Gasteiger partial charge is 0.0412 e. The Morgan fingerprint density at radius 1 is 1.18 bits per heavy atom. The Labute approximate surface area is 104 Å². The zero-order valence-corrected chi connectivity index (χ0v) is 10.7. The molecule has 1 aliphatic carbocycles. The van der Waals surface area contributed by atoms with E-state index in [9.17, 15) is 0 Å². The van der Waals surface area contributed by atoms with Crippen LogP contribution in [0.25, 0.3) is 0 Å². The average molecular weight is 230 g/mol. The lowest BCUT2D eigenvalue weighted by Gasteiger charge is -2.50. The summed E-state index contributed by atoms with van der Waals surface area (Å²) in [5.74, 6) is 0. The van der Waals surface area contributed by atoms with Crippen molar-refractivity contribution in [2.75, 3.05) is 25.0 Å². The van der Waals surface area contributed by atoms with E-state index >= 15 is 0 Å². The van der Waals surface area contributed by atoms with E-state index in [0.717, 1.165) is 6.54 Å². The van der Waals surface area contributed by atoms with Crippen molar-refractivity contribution >= 4 is 5.69 Å². The van der Waals surface area contributed by atoms with Crippen LogP contribution in [0.3, 0.4) is 0 Å². The molecule has 1 saturated carbocycles. The molecule has 0 amide bonds. The summed E-state index contributed by atoms with van der Waals surface area (Å²) in [5.41, 5.74) is 3.56. The van der Waals surface area contributed by atoms with Gasteiger partial charge >= 0.3 is 0 Å². The number of hydrogen-bond acceptors (Lipinski definition) is 2. The monoisotopic (exact) mass is 230 g/mol. The molecule has 0 radical (unpaired) electrons. The first-order chi connectivity index (χ1) is 8.33. The van der Waals surface area contributed by atoms with Crippen LogP contribution in [0.1, 0.15) is 31.2 Å². The molecule has 2 aliphatic rings. The maximum absolute atomic E-state index is 3.26. The molecule has 2 nitrogen and oxygen atoms in total. The first kappa shape index (κ1) is 11.1. The van der Waals surface area contributed by atoms with Crippen molar-refractivity contribution in [3.05, 3.63) is 29.8 Å². The molecule has 2 heteroatoms. The Hall–Kier alpha value is -1.02. The minimum atomic E-state index is 0.687. The summed E-state index contributed by atoms with van der Waals surface area (Å²) in [5, 5.41) is 3.26. The summed E-state index contributed by atoms with van der Waals surface area (Å²) in [4.78, 5) is 2.57. The van der Waals surface area contributed by atoms with Gasteiger partial charge in [-0.3, -0.25) is 0 Å². The van der Waals surface area contributed by atoms with Gasteiger partial charge in [-0.2, -0.15) is 0 Å². The van der Waals surface area contributed by atoms with Crippen molar-refractivity contribution in [2.45, 2.75) is 32.2 Å². The van der Waals surface area contributed by atoms with Gasteiger partial charge in [-0.05, 0) is 31.5 Å². The number of para-hydroxylation sites is 1. The Balaban J connectivity index is 1.73. The van der Waals surface area contributed by atoms with E-state index < -0.39 is 0 Å². The van der Waals surface area contributed by atoms with Gasteiger partial charge in [0.25, 0.3) is 0 Å². The molecule has 1 aliphatic heterocycles. The van der Waals surface area contributed by atoms with Gasteiger partial charge < -0.3 is 10.2 Å². The molecule has 1 heterocycles. The van der Waals surface area contributed by atoms with E-state index in [1.54, 1.807) is 0 Å². The minimum Gasteiger partial charge on any atom is -0.370 e. The molecule has 0 bridgehead atoms. The molecule has 1 saturated heterocycles. The van der Waals surface area contributed by atoms with Crippen LogP contribution in [0.15, 0.2) is 24.3 Å². The molecule has 17 heavy (non-hydrogen) atoms. The minimum absolute atomic E-state index is 0.687. The van der Waals surface area contributed by atoms with Crippen LogP contribution in [-0.4, -0.2) is 20.1 Å². The highest BCUT2D eigenvalue weighted by molar-refractivity contribution is 5.56. The summed E-state index contributed by atoms with van der Waals surface area (Å²) in [7, 11) is 2.02. The van der Waals surface area contributed by atoms with Crippen LogP contribution in [0.4, 0.5) is 5.69 Å². The van der Waals surface area contributed by atoms with Crippen molar-refractivity contribution in [2.24, 2.45) is 5.41 Å². The van der Waals surface area contributed by atoms with E-state index in [4.69, 9.17) is 0 Å². The molecular formula is C15H22N2. The first-order valence-electron chi connectivity index (χ1n) is 6.80. The zero-order chi connectivity index (χ0) is 11.7. The summed E-state index contributed by atoms with van der Waals surface area (Å²) in [6.45, 7) is 3.54. The van der Waals surface area contributed by atoms with Gasteiger partial charge in [0.05, 0.1) is 0 Å². The molecule has 92 valence electrons. The number of benzene rings is 1. The van der Waals surface area contributed by atoms with Crippen LogP contribution in [-0.2, 0) is 6.54 Å². The fourth-order valence-corrected chi connectivity index (χ4v) is 3.53. The Kier molecular flexibility index (Phi) is 2.83. The van der Waals surface area contributed by atoms with Crippen molar-refractivity contribution in [3.63, 3.8) is 0 Å². The number of rotatable bonds is 3. The number of nitrogens with zero attached hydrogens (tertiary/aromatic N) is 1. The molecule has 2 fully saturated rings. The number of anilines is 1. The van der Waals surface area contributed by atoms with Crippen molar-refractivity contribution in [1.29, 1.82) is 0 Å². The second kappa shape index (κ2) is 4.34. The van der Waals surface area contributed by atoms with Crippen molar-refractivity contribution in [3.8, 4) is 0 Å². The lowest BCUT2D eigenvalue weighted by molar-refractivity contribution is 0.221. The third-order valence-corrected chi connectivity index (χ3v) is 4.42. The van der Waals surface area contributed by atoms with E-state index in [0.29, 0.717) is 5.41 Å². The van der Waals surface area contributed by atoms with Crippen LogP contribution in [0, 0.1) is 5.41 Å². The summed E-state index contributed by atoms with van der Waals surface area (Å²) in [6, 6.07) is 8.81. The number of hydrogen-bond donors (Lipinski definition) is 1. The lowest BCUT2D eigenvalue weighted by Crippen LogP contribution is -2.55. The Morgan fingerprint density at radius 2 is 1.88 bits per heavy atom. The zero-order valence-electron chi connectivity index (χ0n) is 10.7. The Bertz CT molecular complexity index is 386. The predicted octanol–water partition coefficient (Wildman–Crippen LogP) is 2.79. The molecule has 3 rings (SSSR count). The van der Waals surface area contributed by atoms with E-state index in [1.165, 1.54) is 50.0 Å². The van der Waals surface area contributed by atoms with Gasteiger partial charge in [0.2, 0.25) is 0 Å². The topological polar surface area (TPSA) is 15.3 Å².